The molecule has 1 aromatic rings. The van der Waals surface area contributed by atoms with Gasteiger partial charge in [-0.1, -0.05) is 12.1 Å². The van der Waals surface area contributed by atoms with Gasteiger partial charge in [0, 0.05) is 5.56 Å². The topological polar surface area (TPSA) is 54.4 Å². The number of ketones is 1. The van der Waals surface area contributed by atoms with Crippen LogP contribution in [0, 0.1) is 0 Å². The van der Waals surface area contributed by atoms with Crippen molar-refractivity contribution in [3.8, 4) is 0 Å². The number of carbonyl (C=O) groups excluding carboxylic acids is 1. The minimum Gasteiger partial charge on any atom is -0.478 e. The summed E-state index contributed by atoms with van der Waals surface area (Å²) in [6, 6.07) is 5.82. The smallest absolute Gasteiger partial charge is 0.335 e. The number of hydrogen-bond acceptors (Lipinski definition) is 2. The summed E-state index contributed by atoms with van der Waals surface area (Å²) in [7, 11) is 0. The molecule has 0 bridgehead atoms. The molecule has 0 amide bonds. The SMILES string of the molecule is CC(Cl)C(=O)c1cccc(C(=O)O)c1. The molecule has 1 N–H and O–H groups in total. The molecule has 14 heavy (non-hydrogen) atoms. The van der Waals surface area contributed by atoms with E-state index in [-0.39, 0.29) is 11.3 Å². The van der Waals surface area contributed by atoms with E-state index in [1.807, 2.05) is 0 Å². The van der Waals surface area contributed by atoms with Gasteiger partial charge in [-0.15, -0.1) is 11.6 Å². The first-order valence-corrected chi connectivity index (χ1v) is 4.47. The van der Waals surface area contributed by atoms with Crippen LogP contribution in [0.5, 0.6) is 0 Å². The highest BCUT2D eigenvalue weighted by molar-refractivity contribution is 6.33. The maximum absolute atomic E-state index is 11.4. The Morgan fingerprint density at radius 1 is 1.36 bits per heavy atom. The first-order chi connectivity index (χ1) is 6.52. The normalized spacial score (nSPS) is 12.1. The molecule has 0 saturated heterocycles. The summed E-state index contributed by atoms with van der Waals surface area (Å²) < 4.78 is 0. The summed E-state index contributed by atoms with van der Waals surface area (Å²) in [6.45, 7) is 1.55. The molecule has 0 heterocycles. The number of carboxylic acid groups (broad SMARTS) is 1. The van der Waals surface area contributed by atoms with Gasteiger partial charge in [0.15, 0.2) is 5.78 Å². The van der Waals surface area contributed by atoms with E-state index in [9.17, 15) is 9.59 Å². The summed E-state index contributed by atoms with van der Waals surface area (Å²) in [5, 5.41) is 8.05. The highest BCUT2D eigenvalue weighted by atomic mass is 35.5. The zero-order chi connectivity index (χ0) is 10.7. The van der Waals surface area contributed by atoms with Gasteiger partial charge in [-0.2, -0.15) is 0 Å². The van der Waals surface area contributed by atoms with Gasteiger partial charge in [0.1, 0.15) is 0 Å². The largest absolute Gasteiger partial charge is 0.478 e. The van der Waals surface area contributed by atoms with Gasteiger partial charge in [-0.25, -0.2) is 4.79 Å². The van der Waals surface area contributed by atoms with Crippen LogP contribution in [0.1, 0.15) is 27.6 Å². The van der Waals surface area contributed by atoms with Gasteiger partial charge in [0.05, 0.1) is 10.9 Å². The van der Waals surface area contributed by atoms with Crippen LogP contribution in [0.4, 0.5) is 0 Å². The standard InChI is InChI=1S/C10H9ClO3/c1-6(11)9(12)7-3-2-4-8(5-7)10(13)14/h2-6H,1H3,(H,13,14). The van der Waals surface area contributed by atoms with Crippen molar-refractivity contribution in [2.75, 3.05) is 0 Å². The summed E-state index contributed by atoms with van der Waals surface area (Å²) in [5.41, 5.74) is 0.417. The van der Waals surface area contributed by atoms with E-state index < -0.39 is 11.3 Å². The average molecular weight is 213 g/mol. The van der Waals surface area contributed by atoms with Gasteiger partial charge >= 0.3 is 5.97 Å². The van der Waals surface area contributed by atoms with Crippen molar-refractivity contribution in [3.05, 3.63) is 35.4 Å². The second-order valence-corrected chi connectivity index (χ2v) is 3.52. The third kappa shape index (κ3) is 2.33. The number of Topliss-reactive ketones (excluding diaryl/α,β-unsaturated/α-hetero) is 1. The van der Waals surface area contributed by atoms with E-state index in [0.29, 0.717) is 5.56 Å². The number of halogens is 1. The molecule has 0 fully saturated rings. The van der Waals surface area contributed by atoms with Crippen LogP contribution >= 0.6 is 11.6 Å². The second kappa shape index (κ2) is 4.24. The van der Waals surface area contributed by atoms with Crippen LogP contribution in [0.25, 0.3) is 0 Å². The van der Waals surface area contributed by atoms with E-state index in [1.165, 1.54) is 18.2 Å². The van der Waals surface area contributed by atoms with Crippen LogP contribution in [0.15, 0.2) is 24.3 Å². The molecule has 1 rings (SSSR count). The lowest BCUT2D eigenvalue weighted by atomic mass is 10.1. The fraction of sp³-hybridized carbons (Fsp3) is 0.200. The molecular formula is C10H9ClO3. The molecule has 0 aliphatic heterocycles. The molecule has 1 unspecified atom stereocenters. The van der Waals surface area contributed by atoms with Gasteiger partial charge in [-0.05, 0) is 19.1 Å². The number of carbonyl (C=O) groups is 2. The summed E-state index contributed by atoms with van der Waals surface area (Å²) in [6.07, 6.45) is 0. The Balaban J connectivity index is 3.06. The lowest BCUT2D eigenvalue weighted by Crippen LogP contribution is -2.11. The Bertz CT molecular complexity index is 371. The average Bonchev–Trinajstić information content (AvgIpc) is 2.16. The lowest BCUT2D eigenvalue weighted by molar-refractivity contribution is 0.0697. The van der Waals surface area contributed by atoms with Crippen LogP contribution in [0.2, 0.25) is 0 Å². The number of rotatable bonds is 3. The number of carboxylic acids is 1. The Morgan fingerprint density at radius 3 is 2.43 bits per heavy atom. The predicted molar refractivity (Wildman–Crippen MR) is 53.0 cm³/mol. The molecule has 0 saturated carbocycles. The van der Waals surface area contributed by atoms with Crippen LogP contribution < -0.4 is 0 Å². The summed E-state index contributed by atoms with van der Waals surface area (Å²) in [4.78, 5) is 22.0. The van der Waals surface area contributed by atoms with Crippen LogP contribution in [-0.4, -0.2) is 22.2 Å². The first kappa shape index (κ1) is 10.7. The van der Waals surface area contributed by atoms with Crippen molar-refractivity contribution in [3.63, 3.8) is 0 Å². The van der Waals surface area contributed by atoms with Crippen molar-refractivity contribution >= 4 is 23.4 Å². The Labute approximate surface area is 86.3 Å². The highest BCUT2D eigenvalue weighted by Crippen LogP contribution is 2.10. The van der Waals surface area contributed by atoms with Gasteiger partial charge in [-0.3, -0.25) is 4.79 Å². The van der Waals surface area contributed by atoms with Crippen LogP contribution in [0.3, 0.4) is 0 Å². The van der Waals surface area contributed by atoms with E-state index in [4.69, 9.17) is 16.7 Å². The zero-order valence-corrected chi connectivity index (χ0v) is 8.28. The summed E-state index contributed by atoms with van der Waals surface area (Å²) >= 11 is 5.60. The van der Waals surface area contributed by atoms with Crippen molar-refractivity contribution < 1.29 is 14.7 Å². The Hall–Kier alpha value is -1.35. The fourth-order valence-corrected chi connectivity index (χ4v) is 1.16. The molecular weight excluding hydrogens is 204 g/mol. The van der Waals surface area contributed by atoms with E-state index in [0.717, 1.165) is 0 Å². The molecule has 0 radical (unpaired) electrons. The van der Waals surface area contributed by atoms with Crippen LogP contribution in [-0.2, 0) is 0 Å². The van der Waals surface area contributed by atoms with Crippen molar-refractivity contribution in [1.82, 2.24) is 0 Å². The van der Waals surface area contributed by atoms with E-state index >= 15 is 0 Å². The molecule has 1 atom stereocenters. The van der Waals surface area contributed by atoms with E-state index in [2.05, 4.69) is 0 Å². The highest BCUT2D eigenvalue weighted by Gasteiger charge is 2.13. The number of hydrogen-bond donors (Lipinski definition) is 1. The Kier molecular flexibility index (Phi) is 3.25. The number of alkyl halides is 1. The minimum absolute atomic E-state index is 0.0909. The van der Waals surface area contributed by atoms with Gasteiger partial charge in [0.25, 0.3) is 0 Å². The molecule has 0 aliphatic rings. The van der Waals surface area contributed by atoms with Crippen molar-refractivity contribution in [2.45, 2.75) is 12.3 Å². The maximum atomic E-state index is 11.4. The number of benzene rings is 1. The number of aromatic carboxylic acids is 1. The lowest BCUT2D eigenvalue weighted by Gasteiger charge is -2.02. The Morgan fingerprint density at radius 2 is 1.93 bits per heavy atom. The molecule has 74 valence electrons. The molecule has 0 aromatic heterocycles. The van der Waals surface area contributed by atoms with E-state index in [1.54, 1.807) is 13.0 Å². The quantitative estimate of drug-likeness (QED) is 0.617. The molecule has 3 nitrogen and oxygen atoms in total. The second-order valence-electron chi connectivity index (χ2n) is 2.87. The third-order valence-electron chi connectivity index (χ3n) is 1.76. The maximum Gasteiger partial charge on any atom is 0.335 e. The van der Waals surface area contributed by atoms with Crippen molar-refractivity contribution in [2.24, 2.45) is 0 Å². The first-order valence-electron chi connectivity index (χ1n) is 4.04. The summed E-state index contributed by atoms with van der Waals surface area (Å²) in [5.74, 6) is -1.32. The predicted octanol–water partition coefficient (Wildman–Crippen LogP) is 2.19. The van der Waals surface area contributed by atoms with Gasteiger partial charge in [0.2, 0.25) is 0 Å². The van der Waals surface area contributed by atoms with Crippen molar-refractivity contribution in [1.29, 1.82) is 0 Å². The molecule has 0 aliphatic carbocycles. The molecule has 1 aromatic carbocycles. The zero-order valence-electron chi connectivity index (χ0n) is 7.53. The fourth-order valence-electron chi connectivity index (χ4n) is 1.04. The molecule has 4 heteroatoms. The monoisotopic (exact) mass is 212 g/mol. The molecule has 0 spiro atoms. The third-order valence-corrected chi connectivity index (χ3v) is 1.95. The minimum atomic E-state index is -1.05. The van der Waals surface area contributed by atoms with Gasteiger partial charge < -0.3 is 5.11 Å².